The van der Waals surface area contributed by atoms with Gasteiger partial charge in [0, 0.05) is 16.4 Å². The summed E-state index contributed by atoms with van der Waals surface area (Å²) in [5, 5.41) is 11.6. The highest BCUT2D eigenvalue weighted by atomic mass is 79.9. The Labute approximate surface area is 122 Å². The van der Waals surface area contributed by atoms with Gasteiger partial charge in [-0.05, 0) is 46.3 Å². The second-order valence-corrected chi connectivity index (χ2v) is 4.75. The number of aromatic carboxylic acids is 1. The second-order valence-electron chi connectivity index (χ2n) is 3.90. The van der Waals surface area contributed by atoms with Crippen molar-refractivity contribution < 1.29 is 14.7 Å². The maximum atomic E-state index is 12.1. The molecule has 0 aliphatic carbocycles. The molecule has 7 heteroatoms. The van der Waals surface area contributed by atoms with Gasteiger partial charge in [0.2, 0.25) is 0 Å². The fourth-order valence-corrected chi connectivity index (χ4v) is 2.02. The van der Waals surface area contributed by atoms with Crippen LogP contribution in [0.5, 0.6) is 0 Å². The van der Waals surface area contributed by atoms with E-state index in [1.165, 1.54) is 24.4 Å². The Morgan fingerprint density at radius 2 is 2.05 bits per heavy atom. The Morgan fingerprint density at radius 1 is 1.30 bits per heavy atom. The van der Waals surface area contributed by atoms with Crippen molar-refractivity contribution in [1.29, 1.82) is 0 Å². The number of carbonyl (C=O) groups is 2. The first kappa shape index (κ1) is 14.0. The minimum Gasteiger partial charge on any atom is -0.478 e. The van der Waals surface area contributed by atoms with Gasteiger partial charge < -0.3 is 16.2 Å². The molecule has 1 aromatic carbocycles. The highest BCUT2D eigenvalue weighted by Gasteiger charge is 2.16. The molecular weight excluding hydrogens is 326 g/mol. The number of anilines is 2. The predicted octanol–water partition coefficient (Wildman–Crippen LogP) is 2.38. The number of nitrogens with one attached hydrogen (secondary N) is 1. The molecule has 0 aliphatic rings. The van der Waals surface area contributed by atoms with Crippen LogP contribution in [0, 0.1) is 0 Å². The lowest BCUT2D eigenvalue weighted by Crippen LogP contribution is -2.16. The Hall–Kier alpha value is -2.41. The molecule has 0 unspecified atom stereocenters. The van der Waals surface area contributed by atoms with Crippen LogP contribution in [0.15, 0.2) is 41.0 Å². The lowest BCUT2D eigenvalue weighted by Gasteiger charge is -2.09. The minimum absolute atomic E-state index is 0.0783. The van der Waals surface area contributed by atoms with Crippen LogP contribution in [-0.4, -0.2) is 22.0 Å². The zero-order valence-electron chi connectivity index (χ0n) is 10.1. The minimum atomic E-state index is -1.17. The van der Waals surface area contributed by atoms with Crippen LogP contribution in [0.25, 0.3) is 0 Å². The standard InChI is InChI=1S/C13H10BrN3O3/c14-9-2-1-5-16-11(9)12(18)17-10-4-3-7(15)6-8(10)13(19)20/h1-6H,15H2,(H,17,18)(H,19,20). The lowest BCUT2D eigenvalue weighted by molar-refractivity contribution is 0.0698. The largest absolute Gasteiger partial charge is 0.478 e. The number of aromatic nitrogens is 1. The molecule has 1 heterocycles. The van der Waals surface area contributed by atoms with Gasteiger partial charge in [-0.15, -0.1) is 0 Å². The van der Waals surface area contributed by atoms with E-state index in [-0.39, 0.29) is 16.9 Å². The zero-order chi connectivity index (χ0) is 14.7. The van der Waals surface area contributed by atoms with Crippen molar-refractivity contribution in [2.24, 2.45) is 0 Å². The Bertz CT molecular complexity index is 688. The third-order valence-electron chi connectivity index (χ3n) is 2.50. The molecule has 0 atom stereocenters. The first-order valence-corrected chi connectivity index (χ1v) is 6.33. The number of nitrogens with two attached hydrogens (primary N) is 1. The quantitative estimate of drug-likeness (QED) is 0.747. The zero-order valence-corrected chi connectivity index (χ0v) is 11.7. The number of carbonyl (C=O) groups excluding carboxylic acids is 1. The number of benzene rings is 1. The molecular formula is C13H10BrN3O3. The van der Waals surface area contributed by atoms with E-state index in [2.05, 4.69) is 26.2 Å². The van der Waals surface area contributed by atoms with E-state index in [0.29, 0.717) is 10.2 Å². The van der Waals surface area contributed by atoms with Gasteiger partial charge in [0.05, 0.1) is 11.3 Å². The number of pyridine rings is 1. The van der Waals surface area contributed by atoms with Gasteiger partial charge in [0.25, 0.3) is 5.91 Å². The van der Waals surface area contributed by atoms with Crippen molar-refractivity contribution in [2.45, 2.75) is 0 Å². The number of rotatable bonds is 3. The summed E-state index contributed by atoms with van der Waals surface area (Å²) in [6, 6.07) is 7.57. The molecule has 2 rings (SSSR count). The molecule has 0 saturated heterocycles. The number of carboxylic acid groups (broad SMARTS) is 1. The molecule has 1 amide bonds. The summed E-state index contributed by atoms with van der Waals surface area (Å²) in [5.41, 5.74) is 6.09. The van der Waals surface area contributed by atoms with E-state index in [1.807, 2.05) is 0 Å². The summed E-state index contributed by atoms with van der Waals surface area (Å²) in [7, 11) is 0. The summed E-state index contributed by atoms with van der Waals surface area (Å²) in [6.45, 7) is 0. The molecule has 2 aromatic rings. The topological polar surface area (TPSA) is 105 Å². The van der Waals surface area contributed by atoms with E-state index in [1.54, 1.807) is 12.1 Å². The molecule has 0 radical (unpaired) electrons. The number of carboxylic acids is 1. The molecule has 6 nitrogen and oxygen atoms in total. The third-order valence-corrected chi connectivity index (χ3v) is 3.14. The van der Waals surface area contributed by atoms with Gasteiger partial charge in [-0.3, -0.25) is 4.79 Å². The van der Waals surface area contributed by atoms with Gasteiger partial charge >= 0.3 is 5.97 Å². The van der Waals surface area contributed by atoms with Crippen molar-refractivity contribution >= 4 is 39.2 Å². The van der Waals surface area contributed by atoms with Gasteiger partial charge in [-0.25, -0.2) is 9.78 Å². The SMILES string of the molecule is Nc1ccc(NC(=O)c2ncccc2Br)c(C(=O)O)c1. The fraction of sp³-hybridized carbons (Fsp3) is 0. The normalized spacial score (nSPS) is 10.1. The van der Waals surface area contributed by atoms with E-state index < -0.39 is 11.9 Å². The summed E-state index contributed by atoms with van der Waals surface area (Å²) in [6.07, 6.45) is 1.47. The van der Waals surface area contributed by atoms with Crippen molar-refractivity contribution in [2.75, 3.05) is 11.1 Å². The van der Waals surface area contributed by atoms with Gasteiger partial charge in [0.15, 0.2) is 0 Å². The molecule has 102 valence electrons. The van der Waals surface area contributed by atoms with Gasteiger partial charge in [-0.1, -0.05) is 0 Å². The van der Waals surface area contributed by atoms with E-state index in [0.717, 1.165) is 0 Å². The first-order chi connectivity index (χ1) is 9.49. The predicted molar refractivity (Wildman–Crippen MR) is 77.7 cm³/mol. The second kappa shape index (κ2) is 5.70. The summed E-state index contributed by atoms with van der Waals surface area (Å²) in [4.78, 5) is 27.1. The summed E-state index contributed by atoms with van der Waals surface area (Å²) < 4.78 is 0.518. The molecule has 0 spiro atoms. The Morgan fingerprint density at radius 3 is 2.70 bits per heavy atom. The molecule has 0 bridgehead atoms. The summed E-state index contributed by atoms with van der Waals surface area (Å²) in [5.74, 6) is -1.68. The number of hydrogen-bond acceptors (Lipinski definition) is 4. The van der Waals surface area contributed by atoms with Crippen LogP contribution in [0.3, 0.4) is 0 Å². The highest BCUT2D eigenvalue weighted by Crippen LogP contribution is 2.21. The van der Waals surface area contributed by atoms with Crippen molar-refractivity contribution in [3.05, 3.63) is 52.3 Å². The molecule has 0 saturated carbocycles. The maximum Gasteiger partial charge on any atom is 0.337 e. The molecule has 0 aliphatic heterocycles. The Balaban J connectivity index is 2.33. The molecule has 0 fully saturated rings. The molecule has 1 aromatic heterocycles. The van der Waals surface area contributed by atoms with Crippen LogP contribution >= 0.6 is 15.9 Å². The number of amides is 1. The van der Waals surface area contributed by atoms with Crippen LogP contribution in [0.4, 0.5) is 11.4 Å². The smallest absolute Gasteiger partial charge is 0.337 e. The molecule has 20 heavy (non-hydrogen) atoms. The lowest BCUT2D eigenvalue weighted by atomic mass is 10.1. The van der Waals surface area contributed by atoms with Crippen molar-refractivity contribution in [3.63, 3.8) is 0 Å². The number of halogens is 1. The van der Waals surface area contributed by atoms with E-state index in [9.17, 15) is 9.59 Å². The monoisotopic (exact) mass is 335 g/mol. The fourth-order valence-electron chi connectivity index (χ4n) is 1.58. The van der Waals surface area contributed by atoms with E-state index >= 15 is 0 Å². The number of nitrogen functional groups attached to an aromatic ring is 1. The Kier molecular flexibility index (Phi) is 3.99. The first-order valence-electron chi connectivity index (χ1n) is 5.53. The number of nitrogens with zero attached hydrogens (tertiary/aromatic N) is 1. The molecule has 4 N–H and O–H groups in total. The van der Waals surface area contributed by atoms with Gasteiger partial charge in [-0.2, -0.15) is 0 Å². The van der Waals surface area contributed by atoms with Crippen LogP contribution < -0.4 is 11.1 Å². The maximum absolute atomic E-state index is 12.1. The summed E-state index contributed by atoms with van der Waals surface area (Å²) >= 11 is 3.21. The van der Waals surface area contributed by atoms with E-state index in [4.69, 9.17) is 10.8 Å². The number of hydrogen-bond donors (Lipinski definition) is 3. The van der Waals surface area contributed by atoms with Crippen molar-refractivity contribution in [1.82, 2.24) is 4.98 Å². The third kappa shape index (κ3) is 2.94. The average molecular weight is 336 g/mol. The van der Waals surface area contributed by atoms with Crippen molar-refractivity contribution in [3.8, 4) is 0 Å². The average Bonchev–Trinajstić information content (AvgIpc) is 2.41. The van der Waals surface area contributed by atoms with Crippen LogP contribution in [0.2, 0.25) is 0 Å². The van der Waals surface area contributed by atoms with Gasteiger partial charge in [0.1, 0.15) is 5.69 Å². The highest BCUT2D eigenvalue weighted by molar-refractivity contribution is 9.10. The van der Waals surface area contributed by atoms with Crippen LogP contribution in [-0.2, 0) is 0 Å². The van der Waals surface area contributed by atoms with Crippen LogP contribution in [0.1, 0.15) is 20.8 Å².